The van der Waals surface area contributed by atoms with Crippen LogP contribution in [0.25, 0.3) is 0 Å². The Bertz CT molecular complexity index is 565. The Kier molecular flexibility index (Phi) is 5.71. The number of nitrogens with zero attached hydrogens (tertiary/aromatic N) is 3. The summed E-state index contributed by atoms with van der Waals surface area (Å²) < 4.78 is 10.3. The number of anilines is 2. The molecule has 0 radical (unpaired) electrons. The second-order valence-corrected chi connectivity index (χ2v) is 4.25. The van der Waals surface area contributed by atoms with Gasteiger partial charge in [0.1, 0.15) is 5.75 Å². The molecule has 0 saturated heterocycles. The van der Waals surface area contributed by atoms with E-state index in [0.29, 0.717) is 31.5 Å². The molecule has 1 aromatic carbocycles. The lowest BCUT2D eigenvalue weighted by atomic mass is 10.2. The molecule has 2 rings (SSSR count). The number of ether oxygens (including phenoxy) is 2. The standard InChI is InChI=1S/C14H19N5O2/c1-20-8-7-15-13-10-17-19-14(18-13)16-9-11-5-3-4-6-12(11)21-2/h3-6,10H,7-9H2,1-2H3,(H2,15,16,18,19). The molecular weight excluding hydrogens is 270 g/mol. The zero-order valence-corrected chi connectivity index (χ0v) is 12.2. The lowest BCUT2D eigenvalue weighted by Crippen LogP contribution is -2.11. The summed E-state index contributed by atoms with van der Waals surface area (Å²) in [5, 5.41) is 14.1. The van der Waals surface area contributed by atoms with E-state index in [1.54, 1.807) is 20.4 Å². The number of methoxy groups -OCH3 is 2. The van der Waals surface area contributed by atoms with E-state index >= 15 is 0 Å². The summed E-state index contributed by atoms with van der Waals surface area (Å²) in [6.07, 6.45) is 1.57. The van der Waals surface area contributed by atoms with E-state index in [9.17, 15) is 0 Å². The fraction of sp³-hybridized carbons (Fsp3) is 0.357. The molecule has 21 heavy (non-hydrogen) atoms. The summed E-state index contributed by atoms with van der Waals surface area (Å²) >= 11 is 0. The second kappa shape index (κ2) is 8.01. The van der Waals surface area contributed by atoms with E-state index in [-0.39, 0.29) is 0 Å². The molecular formula is C14H19N5O2. The average molecular weight is 289 g/mol. The molecule has 7 heteroatoms. The number of aromatic nitrogens is 3. The molecule has 1 heterocycles. The number of hydrogen-bond donors (Lipinski definition) is 2. The van der Waals surface area contributed by atoms with Crippen molar-refractivity contribution in [2.75, 3.05) is 38.0 Å². The molecule has 2 aromatic rings. The van der Waals surface area contributed by atoms with Crippen LogP contribution in [0.3, 0.4) is 0 Å². The van der Waals surface area contributed by atoms with Crippen LogP contribution in [0, 0.1) is 0 Å². The van der Waals surface area contributed by atoms with E-state index in [1.165, 1.54) is 0 Å². The maximum atomic E-state index is 5.30. The third-order valence-electron chi connectivity index (χ3n) is 2.80. The number of benzene rings is 1. The Morgan fingerprint density at radius 3 is 2.81 bits per heavy atom. The SMILES string of the molecule is COCCNc1cnnc(NCc2ccccc2OC)n1. The fourth-order valence-corrected chi connectivity index (χ4v) is 1.77. The van der Waals surface area contributed by atoms with Crippen LogP contribution in [0.1, 0.15) is 5.56 Å². The molecule has 2 N–H and O–H groups in total. The first-order valence-electron chi connectivity index (χ1n) is 6.62. The van der Waals surface area contributed by atoms with Crippen LogP contribution >= 0.6 is 0 Å². The first-order chi connectivity index (χ1) is 10.3. The highest BCUT2D eigenvalue weighted by atomic mass is 16.5. The number of nitrogens with one attached hydrogen (secondary N) is 2. The van der Waals surface area contributed by atoms with Gasteiger partial charge >= 0.3 is 0 Å². The summed E-state index contributed by atoms with van der Waals surface area (Å²) in [4.78, 5) is 4.32. The molecule has 0 aliphatic carbocycles. The van der Waals surface area contributed by atoms with Crippen LogP contribution in [0.2, 0.25) is 0 Å². The summed E-state index contributed by atoms with van der Waals surface area (Å²) in [7, 11) is 3.30. The zero-order chi connectivity index (χ0) is 14.9. The highest BCUT2D eigenvalue weighted by Crippen LogP contribution is 2.18. The van der Waals surface area contributed by atoms with Gasteiger partial charge < -0.3 is 20.1 Å². The number of rotatable bonds is 8. The van der Waals surface area contributed by atoms with Crippen molar-refractivity contribution in [1.82, 2.24) is 15.2 Å². The Morgan fingerprint density at radius 1 is 1.14 bits per heavy atom. The minimum atomic E-state index is 0.461. The number of para-hydroxylation sites is 1. The van der Waals surface area contributed by atoms with Crippen LogP contribution in [-0.2, 0) is 11.3 Å². The van der Waals surface area contributed by atoms with Gasteiger partial charge in [0, 0.05) is 25.8 Å². The van der Waals surface area contributed by atoms with E-state index in [1.807, 2.05) is 24.3 Å². The molecule has 112 valence electrons. The monoisotopic (exact) mass is 289 g/mol. The molecule has 0 bridgehead atoms. The first kappa shape index (κ1) is 15.0. The molecule has 0 saturated carbocycles. The topological polar surface area (TPSA) is 81.2 Å². The molecule has 0 unspecified atom stereocenters. The van der Waals surface area contributed by atoms with E-state index in [4.69, 9.17) is 9.47 Å². The minimum absolute atomic E-state index is 0.461. The lowest BCUT2D eigenvalue weighted by Gasteiger charge is -2.10. The van der Waals surface area contributed by atoms with Gasteiger partial charge in [0.2, 0.25) is 5.95 Å². The summed E-state index contributed by atoms with van der Waals surface area (Å²) in [5.74, 6) is 1.94. The number of hydrogen-bond acceptors (Lipinski definition) is 7. The zero-order valence-electron chi connectivity index (χ0n) is 12.2. The molecule has 1 aromatic heterocycles. The van der Waals surface area contributed by atoms with Gasteiger partial charge in [0.15, 0.2) is 5.82 Å². The third kappa shape index (κ3) is 4.57. The van der Waals surface area contributed by atoms with Gasteiger partial charge in [-0.25, -0.2) is 0 Å². The summed E-state index contributed by atoms with van der Waals surface area (Å²) in [5.41, 5.74) is 1.03. The van der Waals surface area contributed by atoms with Crippen molar-refractivity contribution >= 4 is 11.8 Å². The van der Waals surface area contributed by atoms with Gasteiger partial charge in [0.25, 0.3) is 0 Å². The Balaban J connectivity index is 1.95. The van der Waals surface area contributed by atoms with Crippen molar-refractivity contribution in [3.8, 4) is 5.75 Å². The van der Waals surface area contributed by atoms with Gasteiger partial charge in [-0.1, -0.05) is 18.2 Å². The summed E-state index contributed by atoms with van der Waals surface area (Å²) in [6, 6.07) is 7.79. The van der Waals surface area contributed by atoms with Crippen LogP contribution in [0.5, 0.6) is 5.75 Å². The van der Waals surface area contributed by atoms with Crippen molar-refractivity contribution in [2.45, 2.75) is 6.54 Å². The van der Waals surface area contributed by atoms with Crippen molar-refractivity contribution < 1.29 is 9.47 Å². The van der Waals surface area contributed by atoms with E-state index in [2.05, 4.69) is 25.8 Å². The Labute approximate surface area is 123 Å². The highest BCUT2D eigenvalue weighted by Gasteiger charge is 2.04. The molecule has 0 fully saturated rings. The van der Waals surface area contributed by atoms with Crippen LogP contribution in [0.4, 0.5) is 11.8 Å². The van der Waals surface area contributed by atoms with Crippen molar-refractivity contribution in [2.24, 2.45) is 0 Å². The van der Waals surface area contributed by atoms with Crippen molar-refractivity contribution in [3.63, 3.8) is 0 Å². The van der Waals surface area contributed by atoms with Crippen molar-refractivity contribution in [1.29, 1.82) is 0 Å². The predicted molar refractivity (Wildman–Crippen MR) is 80.5 cm³/mol. The van der Waals surface area contributed by atoms with Gasteiger partial charge in [-0.05, 0) is 6.07 Å². The fourth-order valence-electron chi connectivity index (χ4n) is 1.77. The third-order valence-corrected chi connectivity index (χ3v) is 2.80. The molecule has 0 aliphatic heterocycles. The first-order valence-corrected chi connectivity index (χ1v) is 6.62. The van der Waals surface area contributed by atoms with Gasteiger partial charge in [-0.3, -0.25) is 0 Å². The lowest BCUT2D eigenvalue weighted by molar-refractivity contribution is 0.210. The van der Waals surface area contributed by atoms with Crippen LogP contribution in [-0.4, -0.2) is 42.6 Å². The summed E-state index contributed by atoms with van der Waals surface area (Å²) in [6.45, 7) is 1.84. The second-order valence-electron chi connectivity index (χ2n) is 4.25. The Morgan fingerprint density at radius 2 is 2.00 bits per heavy atom. The van der Waals surface area contributed by atoms with Gasteiger partial charge in [-0.15, -0.1) is 5.10 Å². The average Bonchev–Trinajstić information content (AvgIpc) is 2.54. The molecule has 0 spiro atoms. The van der Waals surface area contributed by atoms with Crippen LogP contribution < -0.4 is 15.4 Å². The largest absolute Gasteiger partial charge is 0.496 e. The maximum absolute atomic E-state index is 5.30. The normalized spacial score (nSPS) is 10.2. The molecule has 0 atom stereocenters. The van der Waals surface area contributed by atoms with E-state index < -0.39 is 0 Å². The van der Waals surface area contributed by atoms with E-state index in [0.717, 1.165) is 11.3 Å². The Hall–Kier alpha value is -2.41. The molecule has 0 amide bonds. The predicted octanol–water partition coefficient (Wildman–Crippen LogP) is 1.55. The molecule has 7 nitrogen and oxygen atoms in total. The maximum Gasteiger partial charge on any atom is 0.244 e. The van der Waals surface area contributed by atoms with Crippen LogP contribution in [0.15, 0.2) is 30.5 Å². The smallest absolute Gasteiger partial charge is 0.244 e. The van der Waals surface area contributed by atoms with Gasteiger partial charge in [0.05, 0.1) is 19.9 Å². The van der Waals surface area contributed by atoms with Crippen molar-refractivity contribution in [3.05, 3.63) is 36.0 Å². The minimum Gasteiger partial charge on any atom is -0.496 e. The van der Waals surface area contributed by atoms with Gasteiger partial charge in [-0.2, -0.15) is 10.1 Å². The quantitative estimate of drug-likeness (QED) is 0.713. The highest BCUT2D eigenvalue weighted by molar-refractivity contribution is 5.39. The molecule has 0 aliphatic rings.